The minimum absolute atomic E-state index is 0.572. The van der Waals surface area contributed by atoms with Gasteiger partial charge in [-0.25, -0.2) is 4.99 Å². The van der Waals surface area contributed by atoms with Crippen LogP contribution < -0.4 is 5.32 Å². The van der Waals surface area contributed by atoms with Gasteiger partial charge in [-0.3, -0.25) is 0 Å². The first-order valence-corrected chi connectivity index (χ1v) is 2.73. The van der Waals surface area contributed by atoms with Crippen molar-refractivity contribution in [2.45, 2.75) is 6.18 Å². The monoisotopic (exact) mass is 168 g/mol. The van der Waals surface area contributed by atoms with Crippen LogP contribution in [0.2, 0.25) is 0 Å². The van der Waals surface area contributed by atoms with Crippen LogP contribution in [0.5, 0.6) is 0 Å². The quantitative estimate of drug-likeness (QED) is 0.428. The summed E-state index contributed by atoms with van der Waals surface area (Å²) in [5, 5.41) is 1.74. The smallest absolute Gasteiger partial charge is 0.323 e. The Morgan fingerprint density at radius 2 is 2.09 bits per heavy atom. The fraction of sp³-hybridized carbons (Fsp3) is 0.400. The van der Waals surface area contributed by atoms with Gasteiger partial charge in [-0.1, -0.05) is 0 Å². The Labute approximate surface area is 59.6 Å². The third kappa shape index (κ3) is 1.92. The Balaban J connectivity index is 2.66. The van der Waals surface area contributed by atoms with Gasteiger partial charge in [0.15, 0.2) is 0 Å². The van der Waals surface area contributed by atoms with E-state index in [1.807, 2.05) is 0 Å². The molecule has 0 saturated carbocycles. The van der Waals surface area contributed by atoms with Crippen LogP contribution in [0.25, 0.3) is 0 Å². The average Bonchev–Trinajstić information content (AvgIpc) is 1.86. The maximum Gasteiger partial charge on any atom is 0.415 e. The van der Waals surface area contributed by atoms with Crippen molar-refractivity contribution in [3.05, 3.63) is 11.8 Å². The highest BCUT2D eigenvalue weighted by Crippen LogP contribution is 2.25. The van der Waals surface area contributed by atoms with Crippen LogP contribution in [-0.2, 0) is 0 Å². The van der Waals surface area contributed by atoms with Crippen LogP contribution in [0.1, 0.15) is 0 Å². The summed E-state index contributed by atoms with van der Waals surface area (Å²) in [5.41, 5.74) is -0.876. The van der Waals surface area contributed by atoms with E-state index in [1.54, 1.807) is 5.32 Å². The van der Waals surface area contributed by atoms with Crippen molar-refractivity contribution in [2.75, 3.05) is 6.54 Å². The lowest BCUT2D eigenvalue weighted by molar-refractivity contribution is -0.0926. The first kappa shape index (κ1) is 8.03. The summed E-state index contributed by atoms with van der Waals surface area (Å²) in [6.07, 6.45) is -4.84. The largest absolute Gasteiger partial charge is 0.415 e. The minimum atomic E-state index is -4.42. The maximum atomic E-state index is 12.0. The zero-order valence-electron chi connectivity index (χ0n) is 5.24. The highest BCUT2D eigenvalue weighted by atomic mass is 19.4. The summed E-state index contributed by atoms with van der Waals surface area (Å²) >= 11 is 0. The van der Waals surface area contributed by atoms with Gasteiger partial charge in [0.2, 0.25) is 0 Å². The van der Waals surface area contributed by atoms with Crippen molar-refractivity contribution in [3.8, 4) is 0 Å². The SMILES string of the molecule is FC1=NCC(C(F)(F)F)=CN1. The number of nitrogens with one attached hydrogen (secondary N) is 1. The molecular weight excluding hydrogens is 164 g/mol. The molecule has 1 aliphatic rings. The predicted molar refractivity (Wildman–Crippen MR) is 30.7 cm³/mol. The fourth-order valence-electron chi connectivity index (χ4n) is 0.564. The average molecular weight is 168 g/mol. The molecule has 0 atom stereocenters. The Kier molecular flexibility index (Phi) is 1.84. The topological polar surface area (TPSA) is 24.4 Å². The highest BCUT2D eigenvalue weighted by Gasteiger charge is 2.34. The maximum absolute atomic E-state index is 12.0. The highest BCUT2D eigenvalue weighted by molar-refractivity contribution is 5.74. The lowest BCUT2D eigenvalue weighted by Crippen LogP contribution is -2.25. The van der Waals surface area contributed by atoms with Crippen LogP contribution in [0.4, 0.5) is 17.6 Å². The Morgan fingerprint density at radius 1 is 1.45 bits per heavy atom. The molecule has 0 amide bonds. The molecule has 0 fully saturated rings. The molecule has 0 spiro atoms. The minimum Gasteiger partial charge on any atom is -0.323 e. The molecule has 6 heteroatoms. The fourth-order valence-corrected chi connectivity index (χ4v) is 0.564. The molecule has 0 bridgehead atoms. The zero-order chi connectivity index (χ0) is 8.48. The molecule has 0 saturated heterocycles. The van der Waals surface area contributed by atoms with Gasteiger partial charge in [-0.2, -0.15) is 17.6 Å². The van der Waals surface area contributed by atoms with Crippen LogP contribution >= 0.6 is 0 Å². The molecule has 1 heterocycles. The van der Waals surface area contributed by atoms with Crippen LogP contribution in [0, 0.1) is 0 Å². The molecule has 62 valence electrons. The number of alkyl halides is 3. The molecule has 0 unspecified atom stereocenters. The van der Waals surface area contributed by atoms with E-state index < -0.39 is 24.4 Å². The molecule has 0 aliphatic carbocycles. The second-order valence-corrected chi connectivity index (χ2v) is 1.92. The van der Waals surface area contributed by atoms with Crippen LogP contribution in [0.15, 0.2) is 16.8 Å². The summed E-state index contributed by atoms with van der Waals surface area (Å²) in [4.78, 5) is 2.93. The van der Waals surface area contributed by atoms with Crippen LogP contribution in [-0.4, -0.2) is 18.8 Å². The summed E-state index contributed by atoms with van der Waals surface area (Å²) in [6, 6.07) is 0. The summed E-state index contributed by atoms with van der Waals surface area (Å²) in [6.45, 7) is -0.650. The lowest BCUT2D eigenvalue weighted by Gasteiger charge is -2.12. The second-order valence-electron chi connectivity index (χ2n) is 1.92. The number of halogens is 4. The summed E-state index contributed by atoms with van der Waals surface area (Å²) in [5.74, 6) is 0. The van der Waals surface area contributed by atoms with E-state index in [9.17, 15) is 17.6 Å². The first-order chi connectivity index (χ1) is 5.00. The molecular formula is C5H4F4N2. The molecule has 2 nitrogen and oxygen atoms in total. The number of aliphatic imine (C=N–C) groups is 1. The van der Waals surface area contributed by atoms with Crippen molar-refractivity contribution in [1.29, 1.82) is 0 Å². The normalized spacial score (nSPS) is 18.5. The number of rotatable bonds is 0. The first-order valence-electron chi connectivity index (χ1n) is 2.73. The number of nitrogens with zero attached hydrogens (tertiary/aromatic N) is 1. The molecule has 0 radical (unpaired) electrons. The van der Waals surface area contributed by atoms with Gasteiger partial charge in [0, 0.05) is 6.20 Å². The van der Waals surface area contributed by atoms with Crippen molar-refractivity contribution in [1.82, 2.24) is 5.32 Å². The van der Waals surface area contributed by atoms with E-state index in [0.717, 1.165) is 0 Å². The molecule has 0 aromatic heterocycles. The van der Waals surface area contributed by atoms with E-state index in [4.69, 9.17) is 0 Å². The van der Waals surface area contributed by atoms with Crippen molar-refractivity contribution in [2.24, 2.45) is 4.99 Å². The van der Waals surface area contributed by atoms with E-state index in [0.29, 0.717) is 6.20 Å². The van der Waals surface area contributed by atoms with Crippen molar-refractivity contribution in [3.63, 3.8) is 0 Å². The van der Waals surface area contributed by atoms with Gasteiger partial charge < -0.3 is 5.32 Å². The molecule has 1 rings (SSSR count). The molecule has 0 aromatic carbocycles. The van der Waals surface area contributed by atoms with Gasteiger partial charge in [-0.15, -0.1) is 0 Å². The second kappa shape index (κ2) is 2.52. The Bertz CT molecular complexity index is 215. The van der Waals surface area contributed by atoms with Gasteiger partial charge >= 0.3 is 6.18 Å². The molecule has 1 N–H and O–H groups in total. The number of hydrogen-bond acceptors (Lipinski definition) is 2. The number of hydrogen-bond donors (Lipinski definition) is 1. The van der Waals surface area contributed by atoms with Crippen LogP contribution in [0.3, 0.4) is 0 Å². The molecule has 1 aliphatic heterocycles. The zero-order valence-corrected chi connectivity index (χ0v) is 5.24. The third-order valence-corrected chi connectivity index (χ3v) is 1.12. The van der Waals surface area contributed by atoms with Crippen molar-refractivity contribution < 1.29 is 17.6 Å². The Hall–Kier alpha value is -1.07. The van der Waals surface area contributed by atoms with Gasteiger partial charge in [-0.05, 0) is 0 Å². The van der Waals surface area contributed by atoms with E-state index >= 15 is 0 Å². The lowest BCUT2D eigenvalue weighted by atomic mass is 10.3. The Morgan fingerprint density at radius 3 is 2.45 bits per heavy atom. The predicted octanol–water partition coefficient (Wildman–Crippen LogP) is 1.36. The standard InChI is InChI=1S/C5H4F4N2/c6-4-10-1-3(2-11-4)5(7,8)9/h1H,2H2,(H,10,11). The van der Waals surface area contributed by atoms with E-state index in [1.165, 1.54) is 0 Å². The van der Waals surface area contributed by atoms with Gasteiger partial charge in [0.1, 0.15) is 0 Å². The van der Waals surface area contributed by atoms with Crippen molar-refractivity contribution >= 4 is 6.09 Å². The van der Waals surface area contributed by atoms with E-state index in [2.05, 4.69) is 4.99 Å². The number of amidine groups is 1. The molecule has 0 aromatic rings. The third-order valence-electron chi connectivity index (χ3n) is 1.12. The summed E-state index contributed by atoms with van der Waals surface area (Å²) < 4.78 is 47.3. The molecule has 11 heavy (non-hydrogen) atoms. The van der Waals surface area contributed by atoms with Gasteiger partial charge in [0.25, 0.3) is 6.09 Å². The van der Waals surface area contributed by atoms with Gasteiger partial charge in [0.05, 0.1) is 12.1 Å². The summed E-state index contributed by atoms with van der Waals surface area (Å²) in [7, 11) is 0. The van der Waals surface area contributed by atoms with E-state index in [-0.39, 0.29) is 0 Å².